The van der Waals surface area contributed by atoms with Crippen molar-refractivity contribution in [1.82, 2.24) is 15.6 Å². The van der Waals surface area contributed by atoms with Crippen LogP contribution in [0.4, 0.5) is 4.79 Å². The number of rotatable bonds is 7. The van der Waals surface area contributed by atoms with E-state index in [0.29, 0.717) is 32.2 Å². The Kier molecular flexibility index (Phi) is 4.95. The lowest BCUT2D eigenvalue weighted by Crippen LogP contribution is -2.37. The van der Waals surface area contributed by atoms with Crippen LogP contribution in [0.25, 0.3) is 0 Å². The van der Waals surface area contributed by atoms with E-state index in [-0.39, 0.29) is 6.03 Å². The summed E-state index contributed by atoms with van der Waals surface area (Å²) in [6.45, 7) is 4.17. The molecule has 0 radical (unpaired) electrons. The maximum atomic E-state index is 11.4. The smallest absolute Gasteiger partial charge is 0.315 e. The van der Waals surface area contributed by atoms with Gasteiger partial charge in [0.15, 0.2) is 0 Å². The number of carbonyl (C=O) groups is 1. The fourth-order valence-electron chi connectivity index (χ4n) is 1.54. The van der Waals surface area contributed by atoms with E-state index in [4.69, 9.17) is 4.74 Å². The van der Waals surface area contributed by atoms with Gasteiger partial charge in [-0.1, -0.05) is 0 Å². The highest BCUT2D eigenvalue weighted by molar-refractivity contribution is 7.09. The summed E-state index contributed by atoms with van der Waals surface area (Å²) < 4.78 is 5.13. The van der Waals surface area contributed by atoms with Gasteiger partial charge in [0, 0.05) is 24.4 Å². The first-order chi connectivity index (χ1) is 8.79. The maximum absolute atomic E-state index is 11.4. The number of aromatic nitrogens is 1. The number of nitrogens with one attached hydrogen (secondary N) is 2. The minimum atomic E-state index is -0.171. The molecule has 0 atom stereocenters. The molecule has 2 N–H and O–H groups in total. The summed E-state index contributed by atoms with van der Waals surface area (Å²) in [5.41, 5.74) is 0.946. The van der Waals surface area contributed by atoms with Gasteiger partial charge in [0.2, 0.25) is 0 Å². The van der Waals surface area contributed by atoms with Crippen LogP contribution in [0, 0.1) is 0 Å². The van der Waals surface area contributed by atoms with Crippen molar-refractivity contribution in [2.75, 3.05) is 19.8 Å². The second kappa shape index (κ2) is 6.70. The molecular weight excluding hydrogens is 250 g/mol. The van der Waals surface area contributed by atoms with Crippen LogP contribution in [-0.2, 0) is 11.3 Å². The Balaban J connectivity index is 1.62. The standard InChI is InChI=1S/C12H19N3O2S/c1-2-17-6-5-13-12(16)14-7-10-8-18-11(15-10)9-3-4-9/h8-9H,2-7H2,1H3,(H2,13,14,16). The molecule has 0 saturated heterocycles. The molecule has 6 heteroatoms. The summed E-state index contributed by atoms with van der Waals surface area (Å²) in [4.78, 5) is 15.9. The van der Waals surface area contributed by atoms with Crippen molar-refractivity contribution in [1.29, 1.82) is 0 Å². The van der Waals surface area contributed by atoms with Gasteiger partial charge in [-0.2, -0.15) is 0 Å². The van der Waals surface area contributed by atoms with Crippen LogP contribution in [0.3, 0.4) is 0 Å². The van der Waals surface area contributed by atoms with Crippen molar-refractivity contribution in [3.8, 4) is 0 Å². The van der Waals surface area contributed by atoms with Crippen LogP contribution in [0.1, 0.15) is 36.4 Å². The molecule has 0 unspecified atom stereocenters. The fraction of sp³-hybridized carbons (Fsp3) is 0.667. The van der Waals surface area contributed by atoms with Crippen LogP contribution >= 0.6 is 11.3 Å². The first-order valence-corrected chi connectivity index (χ1v) is 7.21. The van der Waals surface area contributed by atoms with Gasteiger partial charge in [0.25, 0.3) is 0 Å². The lowest BCUT2D eigenvalue weighted by atomic mass is 10.4. The average Bonchev–Trinajstić information content (AvgIpc) is 3.12. The number of hydrogen-bond donors (Lipinski definition) is 2. The quantitative estimate of drug-likeness (QED) is 0.743. The third kappa shape index (κ3) is 4.27. The predicted octanol–water partition coefficient (Wildman–Crippen LogP) is 1.86. The van der Waals surface area contributed by atoms with Crippen LogP contribution in [-0.4, -0.2) is 30.8 Å². The largest absolute Gasteiger partial charge is 0.380 e. The van der Waals surface area contributed by atoms with E-state index in [1.165, 1.54) is 17.8 Å². The van der Waals surface area contributed by atoms with Gasteiger partial charge in [0.05, 0.1) is 23.9 Å². The number of amides is 2. The van der Waals surface area contributed by atoms with Crippen LogP contribution in [0.5, 0.6) is 0 Å². The predicted molar refractivity (Wildman–Crippen MR) is 70.8 cm³/mol. The fourth-order valence-corrected chi connectivity index (χ4v) is 2.53. The summed E-state index contributed by atoms with van der Waals surface area (Å²) in [5, 5.41) is 8.75. The minimum absolute atomic E-state index is 0.171. The molecule has 1 aromatic rings. The van der Waals surface area contributed by atoms with Crippen LogP contribution < -0.4 is 10.6 Å². The zero-order chi connectivity index (χ0) is 12.8. The second-order valence-corrected chi connectivity index (χ2v) is 5.15. The normalized spacial score (nSPS) is 14.5. The number of nitrogens with zero attached hydrogens (tertiary/aromatic N) is 1. The van der Waals surface area contributed by atoms with E-state index in [2.05, 4.69) is 15.6 Å². The molecule has 1 saturated carbocycles. The molecule has 0 aromatic carbocycles. The van der Waals surface area contributed by atoms with Gasteiger partial charge in [-0.05, 0) is 19.8 Å². The third-order valence-corrected chi connectivity index (χ3v) is 3.72. The maximum Gasteiger partial charge on any atom is 0.315 e. The molecule has 0 bridgehead atoms. The molecule has 0 aliphatic heterocycles. The highest BCUT2D eigenvalue weighted by Gasteiger charge is 2.26. The molecule has 1 aliphatic carbocycles. The topological polar surface area (TPSA) is 63.2 Å². The Morgan fingerprint density at radius 2 is 2.39 bits per heavy atom. The van der Waals surface area contributed by atoms with Crippen molar-refractivity contribution >= 4 is 17.4 Å². The highest BCUT2D eigenvalue weighted by atomic mass is 32.1. The SMILES string of the molecule is CCOCCNC(=O)NCc1csc(C2CC2)n1. The molecule has 0 spiro atoms. The number of urea groups is 1. The van der Waals surface area contributed by atoms with Gasteiger partial charge >= 0.3 is 6.03 Å². The Hall–Kier alpha value is -1.14. The Morgan fingerprint density at radius 1 is 1.56 bits per heavy atom. The lowest BCUT2D eigenvalue weighted by Gasteiger charge is -2.06. The monoisotopic (exact) mass is 269 g/mol. The summed E-state index contributed by atoms with van der Waals surface area (Å²) >= 11 is 1.69. The molecule has 18 heavy (non-hydrogen) atoms. The van der Waals surface area contributed by atoms with Gasteiger partial charge in [-0.3, -0.25) is 0 Å². The molecule has 1 aromatic heterocycles. The van der Waals surface area contributed by atoms with E-state index in [1.54, 1.807) is 11.3 Å². The van der Waals surface area contributed by atoms with Gasteiger partial charge in [0.1, 0.15) is 0 Å². The van der Waals surface area contributed by atoms with E-state index >= 15 is 0 Å². The van der Waals surface area contributed by atoms with Crippen LogP contribution in [0.2, 0.25) is 0 Å². The first-order valence-electron chi connectivity index (χ1n) is 6.33. The second-order valence-electron chi connectivity index (χ2n) is 4.26. The average molecular weight is 269 g/mol. The summed E-state index contributed by atoms with van der Waals surface area (Å²) in [7, 11) is 0. The van der Waals surface area contributed by atoms with Crippen molar-refractivity contribution in [3.63, 3.8) is 0 Å². The number of carbonyl (C=O) groups excluding carboxylic acids is 1. The first kappa shape index (κ1) is 13.3. The minimum Gasteiger partial charge on any atom is -0.380 e. The van der Waals surface area contributed by atoms with Gasteiger partial charge in [-0.25, -0.2) is 9.78 Å². The molecule has 1 heterocycles. The number of hydrogen-bond acceptors (Lipinski definition) is 4. The van der Waals surface area contributed by atoms with Crippen molar-refractivity contribution < 1.29 is 9.53 Å². The van der Waals surface area contributed by atoms with Crippen molar-refractivity contribution in [3.05, 3.63) is 16.1 Å². The molecule has 2 amide bonds. The molecule has 1 fully saturated rings. The zero-order valence-electron chi connectivity index (χ0n) is 10.6. The highest BCUT2D eigenvalue weighted by Crippen LogP contribution is 2.41. The van der Waals surface area contributed by atoms with Crippen LogP contribution in [0.15, 0.2) is 5.38 Å². The number of ether oxygens (including phenoxy) is 1. The third-order valence-electron chi connectivity index (χ3n) is 2.66. The van der Waals surface area contributed by atoms with E-state index in [1.807, 2.05) is 12.3 Å². The summed E-state index contributed by atoms with van der Waals surface area (Å²) in [5.74, 6) is 0.684. The van der Waals surface area contributed by atoms with Gasteiger partial charge < -0.3 is 15.4 Å². The van der Waals surface area contributed by atoms with E-state index in [0.717, 1.165) is 5.69 Å². The Morgan fingerprint density at radius 3 is 3.11 bits per heavy atom. The van der Waals surface area contributed by atoms with E-state index < -0.39 is 0 Å². The molecular formula is C12H19N3O2S. The van der Waals surface area contributed by atoms with Crippen molar-refractivity contribution in [2.45, 2.75) is 32.2 Å². The lowest BCUT2D eigenvalue weighted by molar-refractivity contribution is 0.149. The Labute approximate surface area is 111 Å². The molecule has 5 nitrogen and oxygen atoms in total. The summed E-state index contributed by atoms with van der Waals surface area (Å²) in [6.07, 6.45) is 2.52. The van der Waals surface area contributed by atoms with Crippen molar-refractivity contribution in [2.24, 2.45) is 0 Å². The molecule has 1 aliphatic rings. The summed E-state index contributed by atoms with van der Waals surface area (Å²) in [6, 6.07) is -0.171. The Bertz CT molecular complexity index is 390. The van der Waals surface area contributed by atoms with E-state index in [9.17, 15) is 4.79 Å². The molecule has 2 rings (SSSR count). The molecule has 100 valence electrons. The van der Waals surface area contributed by atoms with Gasteiger partial charge in [-0.15, -0.1) is 11.3 Å². The number of thiazole rings is 1. The zero-order valence-corrected chi connectivity index (χ0v) is 11.4.